The van der Waals surface area contributed by atoms with Gasteiger partial charge in [0.25, 0.3) is 5.91 Å². The number of thiazole rings is 1. The lowest BCUT2D eigenvalue weighted by Gasteiger charge is -2.53. The van der Waals surface area contributed by atoms with Gasteiger partial charge in [-0.2, -0.15) is 0 Å². The zero-order valence-corrected chi connectivity index (χ0v) is 16.2. The Bertz CT molecular complexity index is 847. The van der Waals surface area contributed by atoms with E-state index in [-0.39, 0.29) is 5.91 Å². The second-order valence-corrected chi connectivity index (χ2v) is 9.01. The summed E-state index contributed by atoms with van der Waals surface area (Å²) >= 11 is 1.57. The van der Waals surface area contributed by atoms with Crippen molar-refractivity contribution in [2.45, 2.75) is 51.2 Å². The molecule has 0 saturated carbocycles. The molecule has 2 fully saturated rings. The van der Waals surface area contributed by atoms with Crippen LogP contribution < -0.4 is 5.73 Å². The smallest absolute Gasteiger partial charge is 0.291 e. The molecule has 9 heteroatoms. The van der Waals surface area contributed by atoms with Gasteiger partial charge in [-0.05, 0) is 19.3 Å². The molecule has 1 amide bonds. The molecule has 5 heterocycles. The van der Waals surface area contributed by atoms with Crippen LogP contribution in [0.25, 0.3) is 0 Å². The van der Waals surface area contributed by atoms with Gasteiger partial charge in [-0.3, -0.25) is 9.69 Å². The Kier molecular flexibility index (Phi) is 4.35. The topological polar surface area (TPSA) is 93.2 Å². The van der Waals surface area contributed by atoms with E-state index in [2.05, 4.69) is 24.6 Å². The maximum atomic E-state index is 13.1. The molecule has 2 aromatic heterocycles. The highest BCUT2D eigenvalue weighted by Crippen LogP contribution is 2.35. The van der Waals surface area contributed by atoms with Gasteiger partial charge < -0.3 is 15.2 Å². The predicted molar refractivity (Wildman–Crippen MR) is 102 cm³/mol. The number of amides is 1. The van der Waals surface area contributed by atoms with Gasteiger partial charge in [-0.1, -0.05) is 6.42 Å². The van der Waals surface area contributed by atoms with Crippen molar-refractivity contribution >= 4 is 22.4 Å². The minimum absolute atomic E-state index is 0.0581. The maximum absolute atomic E-state index is 13.1. The summed E-state index contributed by atoms with van der Waals surface area (Å²) in [5, 5.41) is 9.16. The van der Waals surface area contributed by atoms with Crippen LogP contribution in [0.3, 0.4) is 0 Å². The number of carbonyl (C=O) groups excluding carboxylic acids is 1. The summed E-state index contributed by atoms with van der Waals surface area (Å²) in [6.07, 6.45) is 7.27. The molecule has 0 aromatic carbocycles. The quantitative estimate of drug-likeness (QED) is 0.855. The van der Waals surface area contributed by atoms with Crippen LogP contribution in [-0.2, 0) is 19.5 Å². The predicted octanol–water partition coefficient (Wildman–Crippen LogP) is 1.39. The average molecular weight is 388 g/mol. The number of hydrogen-bond acceptors (Lipinski definition) is 7. The van der Waals surface area contributed by atoms with Gasteiger partial charge >= 0.3 is 0 Å². The SMILES string of the molecule is Nc1ncc(CN2C[C@@H]3CN(C(=O)c4nnc5n4CCCCC5)CC[C@@H]32)s1. The lowest BCUT2D eigenvalue weighted by Crippen LogP contribution is -2.63. The summed E-state index contributed by atoms with van der Waals surface area (Å²) in [6.45, 7) is 4.44. The van der Waals surface area contributed by atoms with Crippen LogP contribution in [0.1, 0.15) is 47.0 Å². The van der Waals surface area contributed by atoms with Gasteiger partial charge in [0.1, 0.15) is 5.82 Å². The van der Waals surface area contributed by atoms with Crippen molar-refractivity contribution in [3.63, 3.8) is 0 Å². The van der Waals surface area contributed by atoms with E-state index in [1.807, 2.05) is 11.1 Å². The first-order valence-electron chi connectivity index (χ1n) is 9.84. The van der Waals surface area contributed by atoms with E-state index in [9.17, 15) is 4.79 Å². The molecule has 0 bridgehead atoms. The third kappa shape index (κ3) is 3.12. The number of anilines is 1. The highest BCUT2D eigenvalue weighted by atomic mass is 32.1. The normalized spacial score (nSPS) is 25.4. The number of nitrogens with zero attached hydrogens (tertiary/aromatic N) is 6. The molecule has 5 rings (SSSR count). The molecule has 144 valence electrons. The Hall–Kier alpha value is -2.00. The Morgan fingerprint density at radius 2 is 2.15 bits per heavy atom. The second kappa shape index (κ2) is 6.87. The molecular formula is C18H25N7OS. The van der Waals surface area contributed by atoms with E-state index in [1.54, 1.807) is 11.3 Å². The van der Waals surface area contributed by atoms with Crippen LogP contribution in [0.5, 0.6) is 0 Å². The number of aryl methyl sites for hydroxylation is 1. The zero-order valence-electron chi connectivity index (χ0n) is 15.4. The molecule has 2 aromatic rings. The molecule has 3 aliphatic heterocycles. The van der Waals surface area contributed by atoms with Gasteiger partial charge in [0.2, 0.25) is 5.82 Å². The molecule has 0 aliphatic carbocycles. The molecule has 0 unspecified atom stereocenters. The van der Waals surface area contributed by atoms with E-state index >= 15 is 0 Å². The minimum Gasteiger partial charge on any atom is -0.375 e. The molecular weight excluding hydrogens is 362 g/mol. The van der Waals surface area contributed by atoms with Gasteiger partial charge in [0.05, 0.1) is 0 Å². The van der Waals surface area contributed by atoms with Crippen LogP contribution in [0.4, 0.5) is 5.13 Å². The fraction of sp³-hybridized carbons (Fsp3) is 0.667. The molecule has 3 aliphatic rings. The van der Waals surface area contributed by atoms with Gasteiger partial charge in [0.15, 0.2) is 5.13 Å². The summed E-state index contributed by atoms with van der Waals surface area (Å²) in [6, 6.07) is 0.563. The first kappa shape index (κ1) is 17.1. The third-order valence-corrected chi connectivity index (χ3v) is 6.96. The Morgan fingerprint density at radius 1 is 1.22 bits per heavy atom. The molecule has 27 heavy (non-hydrogen) atoms. The third-order valence-electron chi connectivity index (χ3n) is 6.15. The number of piperidine rings is 1. The lowest BCUT2D eigenvalue weighted by molar-refractivity contribution is -0.0419. The lowest BCUT2D eigenvalue weighted by atomic mass is 9.82. The molecule has 2 saturated heterocycles. The largest absolute Gasteiger partial charge is 0.375 e. The summed E-state index contributed by atoms with van der Waals surface area (Å²) in [4.78, 5) is 22.9. The highest BCUT2D eigenvalue weighted by molar-refractivity contribution is 7.15. The molecule has 0 radical (unpaired) electrons. The number of nitrogens with two attached hydrogens (primary N) is 1. The highest BCUT2D eigenvalue weighted by Gasteiger charge is 2.44. The van der Waals surface area contributed by atoms with E-state index < -0.39 is 0 Å². The molecule has 2 N–H and O–H groups in total. The average Bonchev–Trinajstić information content (AvgIpc) is 3.17. The summed E-state index contributed by atoms with van der Waals surface area (Å²) < 4.78 is 2.06. The number of aromatic nitrogens is 4. The van der Waals surface area contributed by atoms with Crippen LogP contribution in [0.2, 0.25) is 0 Å². The van der Waals surface area contributed by atoms with Crippen molar-refractivity contribution in [3.8, 4) is 0 Å². The van der Waals surface area contributed by atoms with Crippen LogP contribution in [0.15, 0.2) is 6.20 Å². The van der Waals surface area contributed by atoms with Crippen molar-refractivity contribution in [3.05, 3.63) is 22.7 Å². The number of likely N-dealkylation sites (tertiary alicyclic amines) is 2. The summed E-state index contributed by atoms with van der Waals surface area (Å²) in [5.74, 6) is 2.13. The number of hydrogen-bond donors (Lipinski definition) is 1. The van der Waals surface area contributed by atoms with Gasteiger partial charge in [0, 0.05) is 62.2 Å². The zero-order chi connectivity index (χ0) is 18.4. The van der Waals surface area contributed by atoms with E-state index in [0.29, 0.717) is 22.9 Å². The van der Waals surface area contributed by atoms with Crippen LogP contribution in [-0.4, -0.2) is 61.1 Å². The van der Waals surface area contributed by atoms with Crippen LogP contribution >= 0.6 is 11.3 Å². The first-order valence-corrected chi connectivity index (χ1v) is 10.7. The van der Waals surface area contributed by atoms with E-state index in [1.165, 1.54) is 11.3 Å². The van der Waals surface area contributed by atoms with Crippen molar-refractivity contribution < 1.29 is 4.79 Å². The summed E-state index contributed by atoms with van der Waals surface area (Å²) in [7, 11) is 0. The standard InChI is InChI=1S/C18H25N7OS/c19-18-20-8-13(27-18)11-24-10-12-9-23(7-5-14(12)24)17(26)16-22-21-15-4-2-1-3-6-25(15)16/h8,12,14H,1-7,9-11H2,(H2,19,20)/t12-,14-/m0/s1. The minimum atomic E-state index is 0.0581. The Balaban J connectivity index is 1.22. The number of fused-ring (bicyclic) bond motifs is 2. The number of carbonyl (C=O) groups is 1. The molecule has 8 nitrogen and oxygen atoms in total. The van der Waals surface area contributed by atoms with Crippen molar-refractivity contribution in [1.82, 2.24) is 29.5 Å². The van der Waals surface area contributed by atoms with E-state index in [0.717, 1.165) is 64.2 Å². The van der Waals surface area contributed by atoms with Gasteiger partial charge in [-0.15, -0.1) is 21.5 Å². The maximum Gasteiger partial charge on any atom is 0.291 e. The first-order chi connectivity index (χ1) is 13.2. The van der Waals surface area contributed by atoms with Gasteiger partial charge in [-0.25, -0.2) is 4.98 Å². The molecule has 2 atom stereocenters. The van der Waals surface area contributed by atoms with Crippen molar-refractivity contribution in [2.24, 2.45) is 5.92 Å². The number of rotatable bonds is 3. The van der Waals surface area contributed by atoms with Crippen LogP contribution in [0, 0.1) is 5.92 Å². The Morgan fingerprint density at radius 3 is 2.96 bits per heavy atom. The fourth-order valence-electron chi connectivity index (χ4n) is 4.73. The Labute approximate surface area is 162 Å². The monoisotopic (exact) mass is 387 g/mol. The second-order valence-electron chi connectivity index (χ2n) is 7.86. The van der Waals surface area contributed by atoms with Crippen molar-refractivity contribution in [2.75, 3.05) is 25.4 Å². The van der Waals surface area contributed by atoms with E-state index in [4.69, 9.17) is 5.73 Å². The number of nitrogen functional groups attached to an aromatic ring is 1. The molecule has 0 spiro atoms. The van der Waals surface area contributed by atoms with Crippen molar-refractivity contribution in [1.29, 1.82) is 0 Å². The fourth-order valence-corrected chi connectivity index (χ4v) is 5.44. The summed E-state index contributed by atoms with van der Waals surface area (Å²) in [5.41, 5.74) is 5.73.